The summed E-state index contributed by atoms with van der Waals surface area (Å²) in [5.41, 5.74) is 0. The summed E-state index contributed by atoms with van der Waals surface area (Å²) in [6.07, 6.45) is 70.2. The molecule has 2 unspecified atom stereocenters. The lowest BCUT2D eigenvalue weighted by Gasteiger charge is -2.28. The van der Waals surface area contributed by atoms with Crippen LogP contribution in [0.5, 0.6) is 0 Å². The molecule has 0 bridgehead atoms. The van der Waals surface area contributed by atoms with Gasteiger partial charge in [-0.2, -0.15) is 0 Å². The summed E-state index contributed by atoms with van der Waals surface area (Å²) in [5, 5.41) is 0. The van der Waals surface area contributed by atoms with Crippen molar-refractivity contribution in [1.82, 2.24) is 0 Å². The first-order valence-corrected chi connectivity index (χ1v) is 29.9. The minimum absolute atomic E-state index is 0.0357. The molecule has 9 nitrogen and oxygen atoms in total. The molecule has 0 fully saturated rings. The molecule has 0 saturated carbocycles. The molecule has 0 aromatic heterocycles. The predicted octanol–water partition coefficient (Wildman–Crippen LogP) is 17.0. The van der Waals surface area contributed by atoms with E-state index in [1.165, 1.54) is 96.3 Å². The summed E-state index contributed by atoms with van der Waals surface area (Å²) in [6, 6.07) is 0. The molecule has 0 aliphatic rings. The minimum atomic E-state index is -4.64. The van der Waals surface area contributed by atoms with Crippen LogP contribution in [-0.4, -0.2) is 70.0 Å². The number of quaternary nitrogens is 1. The van der Waals surface area contributed by atoms with E-state index in [-0.39, 0.29) is 32.0 Å². The molecule has 0 aromatic rings. The third kappa shape index (κ3) is 56.1. The smallest absolute Gasteiger partial charge is 0.306 e. The molecule has 0 aliphatic carbocycles. The molecule has 2 atom stereocenters. The minimum Gasteiger partial charge on any atom is -0.756 e. The van der Waals surface area contributed by atoms with Gasteiger partial charge in [0.2, 0.25) is 0 Å². The van der Waals surface area contributed by atoms with Crippen LogP contribution in [0.25, 0.3) is 0 Å². The zero-order valence-electron chi connectivity index (χ0n) is 46.1. The van der Waals surface area contributed by atoms with Gasteiger partial charge >= 0.3 is 11.9 Å². The molecule has 10 heteroatoms. The maximum Gasteiger partial charge on any atom is 0.306 e. The van der Waals surface area contributed by atoms with Crippen LogP contribution in [-0.2, 0) is 32.7 Å². The monoisotopic (exact) mass is 1010 g/mol. The standard InChI is InChI=1S/C61H106NO8P/c1-6-8-10-12-14-16-18-20-22-23-24-25-26-27-28-29-30-31-32-33-34-35-36-37-38-39-40-42-44-46-48-50-52-54-61(64)70-59(58-69-71(65,66)68-56-55-62(3,4)5)57-67-60(63)53-51-49-47-45-43-41-21-19-17-15-13-11-9-7-2/h8,10,14,16,20,22,24-25,27-28,30-31,33-34,36-37,59H,6-7,9,11-13,15,17-19,21,23,26,29,32,35,38-58H2,1-5H3/b10-8-,16-14-,22-20-,25-24-,28-27-,31-30-,34-33-,37-36-. The van der Waals surface area contributed by atoms with Crippen LogP contribution in [0.3, 0.4) is 0 Å². The van der Waals surface area contributed by atoms with Gasteiger partial charge in [0.1, 0.15) is 19.8 Å². The van der Waals surface area contributed by atoms with Crippen molar-refractivity contribution in [1.29, 1.82) is 0 Å². The number of hydrogen-bond donors (Lipinski definition) is 0. The molecular weight excluding hydrogens is 906 g/mol. The summed E-state index contributed by atoms with van der Waals surface area (Å²) in [4.78, 5) is 37.8. The molecule has 0 saturated heterocycles. The number of phosphoric ester groups is 1. The Balaban J connectivity index is 4.17. The van der Waals surface area contributed by atoms with Crippen molar-refractivity contribution in [3.05, 3.63) is 97.2 Å². The van der Waals surface area contributed by atoms with Gasteiger partial charge in [-0.15, -0.1) is 0 Å². The van der Waals surface area contributed by atoms with Crippen LogP contribution in [0.2, 0.25) is 0 Å². The first-order chi connectivity index (χ1) is 34.5. The summed E-state index contributed by atoms with van der Waals surface area (Å²) in [6.45, 7) is 4.11. The number of rotatable bonds is 51. The van der Waals surface area contributed by atoms with Crippen molar-refractivity contribution in [2.45, 2.75) is 232 Å². The van der Waals surface area contributed by atoms with E-state index >= 15 is 0 Å². The van der Waals surface area contributed by atoms with Crippen LogP contribution < -0.4 is 4.89 Å². The van der Waals surface area contributed by atoms with Crippen LogP contribution in [0.1, 0.15) is 226 Å². The van der Waals surface area contributed by atoms with Crippen molar-refractivity contribution in [3.8, 4) is 0 Å². The Bertz CT molecular complexity index is 1520. The molecule has 0 spiro atoms. The van der Waals surface area contributed by atoms with Crippen molar-refractivity contribution in [2.75, 3.05) is 47.5 Å². The highest BCUT2D eigenvalue weighted by molar-refractivity contribution is 7.45. The van der Waals surface area contributed by atoms with Gasteiger partial charge in [-0.05, 0) is 77.0 Å². The number of nitrogens with zero attached hydrogens (tertiary/aromatic N) is 1. The molecule has 0 amide bonds. The van der Waals surface area contributed by atoms with Crippen molar-refractivity contribution in [3.63, 3.8) is 0 Å². The number of esters is 2. The number of likely N-dealkylation sites (N-methyl/N-ethyl adjacent to an activating group) is 1. The third-order valence-electron chi connectivity index (χ3n) is 11.9. The average Bonchev–Trinajstić information content (AvgIpc) is 3.33. The van der Waals surface area contributed by atoms with Crippen molar-refractivity contribution < 1.29 is 42.1 Å². The maximum absolute atomic E-state index is 12.8. The van der Waals surface area contributed by atoms with Crippen LogP contribution >= 0.6 is 7.82 Å². The molecule has 0 heterocycles. The number of unbranched alkanes of at least 4 members (excludes halogenated alkanes) is 21. The Hall–Kier alpha value is -3.07. The topological polar surface area (TPSA) is 111 Å². The molecule has 71 heavy (non-hydrogen) atoms. The second-order valence-electron chi connectivity index (χ2n) is 19.9. The fourth-order valence-corrected chi connectivity index (χ4v) is 8.22. The average molecular weight is 1010 g/mol. The number of allylic oxidation sites excluding steroid dienone is 16. The zero-order chi connectivity index (χ0) is 52.0. The largest absolute Gasteiger partial charge is 0.756 e. The van der Waals surface area contributed by atoms with E-state index in [9.17, 15) is 19.0 Å². The normalized spacial score (nSPS) is 14.1. The van der Waals surface area contributed by atoms with E-state index in [0.29, 0.717) is 17.4 Å². The Morgan fingerprint density at radius 2 is 0.803 bits per heavy atom. The van der Waals surface area contributed by atoms with Gasteiger partial charge in [0, 0.05) is 12.8 Å². The Morgan fingerprint density at radius 3 is 1.20 bits per heavy atom. The predicted molar refractivity (Wildman–Crippen MR) is 300 cm³/mol. The number of carbonyl (C=O) groups excluding carboxylic acids is 2. The number of phosphoric acid groups is 1. The van der Waals surface area contributed by atoms with E-state index in [1.807, 2.05) is 21.1 Å². The quantitative estimate of drug-likeness (QED) is 0.0195. The molecule has 0 aliphatic heterocycles. The van der Waals surface area contributed by atoms with Gasteiger partial charge in [-0.1, -0.05) is 233 Å². The fraction of sp³-hybridized carbons (Fsp3) is 0.705. The van der Waals surface area contributed by atoms with Crippen LogP contribution in [0.4, 0.5) is 0 Å². The van der Waals surface area contributed by atoms with Gasteiger partial charge in [-0.25, -0.2) is 0 Å². The lowest BCUT2D eigenvalue weighted by atomic mass is 10.0. The molecule has 0 radical (unpaired) electrons. The van der Waals surface area contributed by atoms with Gasteiger partial charge in [0.05, 0.1) is 27.7 Å². The maximum atomic E-state index is 12.8. The van der Waals surface area contributed by atoms with E-state index in [4.69, 9.17) is 18.5 Å². The lowest BCUT2D eigenvalue weighted by Crippen LogP contribution is -2.37. The molecule has 0 aromatic carbocycles. The number of hydrogen-bond acceptors (Lipinski definition) is 8. The molecule has 0 N–H and O–H groups in total. The van der Waals surface area contributed by atoms with Crippen molar-refractivity contribution >= 4 is 19.8 Å². The molecular formula is C61H106NO8P. The highest BCUT2D eigenvalue weighted by Crippen LogP contribution is 2.38. The van der Waals surface area contributed by atoms with Crippen LogP contribution in [0, 0.1) is 0 Å². The van der Waals surface area contributed by atoms with Crippen molar-refractivity contribution in [2.24, 2.45) is 0 Å². The Morgan fingerprint density at radius 1 is 0.451 bits per heavy atom. The van der Waals surface area contributed by atoms with E-state index in [1.54, 1.807) is 0 Å². The lowest BCUT2D eigenvalue weighted by molar-refractivity contribution is -0.870. The van der Waals surface area contributed by atoms with Crippen LogP contribution in [0.15, 0.2) is 97.2 Å². The number of ether oxygens (including phenoxy) is 2. The second-order valence-corrected chi connectivity index (χ2v) is 21.3. The fourth-order valence-electron chi connectivity index (χ4n) is 7.49. The summed E-state index contributed by atoms with van der Waals surface area (Å²) >= 11 is 0. The molecule has 0 rings (SSSR count). The second kappa shape index (κ2) is 51.8. The summed E-state index contributed by atoms with van der Waals surface area (Å²) < 4.78 is 34.1. The highest BCUT2D eigenvalue weighted by atomic mass is 31.2. The van der Waals surface area contributed by atoms with Gasteiger partial charge in [0.15, 0.2) is 6.10 Å². The van der Waals surface area contributed by atoms with Gasteiger partial charge < -0.3 is 27.9 Å². The summed E-state index contributed by atoms with van der Waals surface area (Å²) in [5.74, 6) is -0.843. The first kappa shape index (κ1) is 67.9. The van der Waals surface area contributed by atoms with E-state index in [2.05, 4.69) is 111 Å². The van der Waals surface area contributed by atoms with E-state index in [0.717, 1.165) is 96.3 Å². The number of carbonyl (C=O) groups is 2. The van der Waals surface area contributed by atoms with Gasteiger partial charge in [-0.3, -0.25) is 14.2 Å². The third-order valence-corrected chi connectivity index (χ3v) is 12.8. The van der Waals surface area contributed by atoms with Gasteiger partial charge in [0.25, 0.3) is 7.82 Å². The Kier molecular flexibility index (Phi) is 49.6. The Labute approximate surface area is 436 Å². The SMILES string of the molecule is CC/C=C\C/C=C\C/C=C\C/C=C\C/C=C\C/C=C\C/C=C\C/C=C\CCCCCCCCCCC(=O)OC(COC(=O)CCCCCCCCCCCCCCCC)COP(=O)([O-])OCC[N+](C)(C)C. The zero-order valence-corrected chi connectivity index (χ0v) is 47.0. The first-order valence-electron chi connectivity index (χ1n) is 28.4. The van der Waals surface area contributed by atoms with E-state index < -0.39 is 26.5 Å². The highest BCUT2D eigenvalue weighted by Gasteiger charge is 2.21. The summed E-state index contributed by atoms with van der Waals surface area (Å²) in [7, 11) is 1.15. The molecule has 408 valence electrons.